The van der Waals surface area contributed by atoms with Crippen molar-refractivity contribution in [2.24, 2.45) is 0 Å². The molecule has 1 aliphatic rings. The Kier molecular flexibility index (Phi) is 9.92. The van der Waals surface area contributed by atoms with Crippen molar-refractivity contribution in [2.45, 2.75) is 100 Å². The third-order valence-electron chi connectivity index (χ3n) is 12.2. The zero-order valence-corrected chi connectivity index (χ0v) is 33.2. The first-order valence-corrected chi connectivity index (χ1v) is 19.6. The lowest BCUT2D eigenvalue weighted by molar-refractivity contribution is 0.916. The minimum Gasteiger partial charge on any atom is -0.0629 e. The van der Waals surface area contributed by atoms with Crippen LogP contribution in [-0.4, -0.2) is 6.71 Å². The van der Waals surface area contributed by atoms with Gasteiger partial charge in [0.05, 0.1) is 0 Å². The van der Waals surface area contributed by atoms with Gasteiger partial charge in [0.1, 0.15) is 0 Å². The molecule has 2 atom stereocenters. The fourth-order valence-corrected chi connectivity index (χ4v) is 9.27. The van der Waals surface area contributed by atoms with Gasteiger partial charge in [-0.05, 0) is 118 Å². The second kappa shape index (κ2) is 14.4. The molecule has 262 valence electrons. The Morgan fingerprint density at radius 1 is 0.500 bits per heavy atom. The topological polar surface area (TPSA) is 0 Å². The van der Waals surface area contributed by atoms with Gasteiger partial charge in [-0.3, -0.25) is 0 Å². The summed E-state index contributed by atoms with van der Waals surface area (Å²) in [5, 5.41) is 0. The zero-order valence-electron chi connectivity index (χ0n) is 33.2. The number of rotatable bonds is 10. The average Bonchev–Trinajstić information content (AvgIpc) is 3.85. The van der Waals surface area contributed by atoms with Crippen molar-refractivity contribution < 1.29 is 0 Å². The number of fused-ring (bicyclic) bond motifs is 1. The van der Waals surface area contributed by atoms with Crippen molar-refractivity contribution >= 4 is 23.1 Å². The Morgan fingerprint density at radius 2 is 0.981 bits per heavy atom. The summed E-state index contributed by atoms with van der Waals surface area (Å²) in [5.41, 5.74) is 26.9. The third kappa shape index (κ3) is 6.72. The van der Waals surface area contributed by atoms with Gasteiger partial charge in [0, 0.05) is 11.8 Å². The third-order valence-corrected chi connectivity index (χ3v) is 12.2. The second-order valence-corrected chi connectivity index (χ2v) is 15.9. The molecular formula is C51H55B. The molecule has 6 aromatic rings. The van der Waals surface area contributed by atoms with Crippen LogP contribution in [0.25, 0.3) is 0 Å². The summed E-state index contributed by atoms with van der Waals surface area (Å²) >= 11 is 0. The van der Waals surface area contributed by atoms with E-state index in [1.165, 1.54) is 105 Å². The van der Waals surface area contributed by atoms with Crippen LogP contribution in [0.15, 0.2) is 103 Å². The summed E-state index contributed by atoms with van der Waals surface area (Å²) in [6.07, 6.45) is 3.10. The van der Waals surface area contributed by atoms with Crippen LogP contribution in [0.4, 0.5) is 0 Å². The fraction of sp³-hybridized carbons (Fsp3) is 0.294. The van der Waals surface area contributed by atoms with Gasteiger partial charge in [-0.1, -0.05) is 179 Å². The van der Waals surface area contributed by atoms with Gasteiger partial charge in [0.25, 0.3) is 0 Å². The molecule has 52 heavy (non-hydrogen) atoms. The van der Waals surface area contributed by atoms with Gasteiger partial charge in [0.15, 0.2) is 0 Å². The lowest BCUT2D eigenvalue weighted by Crippen LogP contribution is -2.57. The van der Waals surface area contributed by atoms with E-state index in [1.54, 1.807) is 0 Å². The van der Waals surface area contributed by atoms with Gasteiger partial charge < -0.3 is 0 Å². The molecule has 0 aromatic heterocycles. The number of hydrogen-bond donors (Lipinski definition) is 0. The van der Waals surface area contributed by atoms with Gasteiger partial charge in [0.2, 0.25) is 6.71 Å². The summed E-state index contributed by atoms with van der Waals surface area (Å²) in [4.78, 5) is 0. The molecule has 1 aliphatic carbocycles. The van der Waals surface area contributed by atoms with E-state index in [4.69, 9.17) is 0 Å². The Balaban J connectivity index is 1.36. The summed E-state index contributed by atoms with van der Waals surface area (Å²) in [6, 6.07) is 40.0. The van der Waals surface area contributed by atoms with Gasteiger partial charge in [-0.2, -0.15) is 0 Å². The van der Waals surface area contributed by atoms with E-state index in [2.05, 4.69) is 172 Å². The van der Waals surface area contributed by atoms with E-state index in [9.17, 15) is 0 Å². The lowest BCUT2D eigenvalue weighted by Gasteiger charge is -2.28. The number of aryl methyl sites for hydroxylation is 8. The van der Waals surface area contributed by atoms with E-state index in [0.717, 1.165) is 19.3 Å². The Bertz CT molecular complexity index is 2200. The molecule has 0 bridgehead atoms. The summed E-state index contributed by atoms with van der Waals surface area (Å²) in [5.74, 6) is 0.735. The zero-order chi connectivity index (χ0) is 36.8. The SMILES string of the molecule is CCc1ccc(C(C)c2cc(C)c(B(c3c(C)cc(Cc4ccc(C)cc4)cc3C)c3c(C)cc4c(c3C)C4c3ccc(CC)cc3)c(C)c2)cc1. The first-order valence-electron chi connectivity index (χ1n) is 19.6. The molecule has 0 saturated carbocycles. The maximum Gasteiger partial charge on any atom is 0.243 e. The van der Waals surface area contributed by atoms with Crippen LogP contribution in [-0.2, 0) is 19.3 Å². The van der Waals surface area contributed by atoms with Crippen molar-refractivity contribution in [1.82, 2.24) is 0 Å². The predicted octanol–water partition coefficient (Wildman–Crippen LogP) is 10.7. The molecule has 0 N–H and O–H groups in total. The van der Waals surface area contributed by atoms with Gasteiger partial charge >= 0.3 is 0 Å². The molecule has 6 aromatic carbocycles. The summed E-state index contributed by atoms with van der Waals surface area (Å²) < 4.78 is 0. The molecule has 1 heteroatoms. The molecule has 7 rings (SSSR count). The molecule has 0 radical (unpaired) electrons. The van der Waals surface area contributed by atoms with Gasteiger partial charge in [-0.15, -0.1) is 0 Å². The molecule has 0 heterocycles. The highest BCUT2D eigenvalue weighted by Crippen LogP contribution is 2.50. The largest absolute Gasteiger partial charge is 0.243 e. The lowest BCUT2D eigenvalue weighted by atomic mass is 9.33. The van der Waals surface area contributed by atoms with Crippen LogP contribution >= 0.6 is 0 Å². The molecule has 0 fully saturated rings. The van der Waals surface area contributed by atoms with Crippen LogP contribution in [0, 0.1) is 48.5 Å². The van der Waals surface area contributed by atoms with Crippen LogP contribution in [0.3, 0.4) is 0 Å². The van der Waals surface area contributed by atoms with E-state index >= 15 is 0 Å². The van der Waals surface area contributed by atoms with E-state index in [1.807, 2.05) is 0 Å². The van der Waals surface area contributed by atoms with Crippen LogP contribution in [0.2, 0.25) is 0 Å². The second-order valence-electron chi connectivity index (χ2n) is 15.9. The van der Waals surface area contributed by atoms with Crippen molar-refractivity contribution in [2.75, 3.05) is 0 Å². The maximum absolute atomic E-state index is 2.51. The standard InChI is InChI=1S/C51H55B/c1-11-39-17-21-43(22-18-39)37(9)45-27-34(6)50(35(7)28-45)52(49-32(4)25-42(26-33(49)5)30-41-15-13-31(3)14-16-41)51-36(8)29-46-47(38(51)10)48(46)44-23-19-40(12-2)20-24-44/h13-29,37,48H,11-12,30H2,1-10H3. The Morgan fingerprint density at radius 3 is 1.52 bits per heavy atom. The fourth-order valence-electron chi connectivity index (χ4n) is 9.27. The summed E-state index contributed by atoms with van der Waals surface area (Å²) in [6.45, 7) is 23.3. The maximum atomic E-state index is 2.51. The first-order chi connectivity index (χ1) is 25.0. The molecule has 0 spiro atoms. The normalized spacial score (nSPS) is 13.9. The molecular weight excluding hydrogens is 623 g/mol. The molecule has 2 unspecified atom stereocenters. The Hall–Kier alpha value is -4.62. The van der Waals surface area contributed by atoms with Crippen molar-refractivity contribution in [1.29, 1.82) is 0 Å². The highest BCUT2D eigenvalue weighted by Gasteiger charge is 2.40. The highest BCUT2D eigenvalue weighted by molar-refractivity contribution is 6.97. The monoisotopic (exact) mass is 678 g/mol. The van der Waals surface area contributed by atoms with Crippen molar-refractivity contribution in [3.05, 3.63) is 192 Å². The quantitative estimate of drug-likeness (QED) is 0.126. The van der Waals surface area contributed by atoms with E-state index in [-0.39, 0.29) is 6.71 Å². The van der Waals surface area contributed by atoms with Gasteiger partial charge in [-0.25, -0.2) is 0 Å². The highest BCUT2D eigenvalue weighted by atomic mass is 14.4. The number of benzene rings is 6. The van der Waals surface area contributed by atoms with E-state index in [0.29, 0.717) is 11.8 Å². The van der Waals surface area contributed by atoms with Crippen LogP contribution in [0.1, 0.15) is 122 Å². The molecule has 0 amide bonds. The predicted molar refractivity (Wildman–Crippen MR) is 226 cm³/mol. The smallest absolute Gasteiger partial charge is 0.0629 e. The molecule has 0 nitrogen and oxygen atoms in total. The van der Waals surface area contributed by atoms with Crippen molar-refractivity contribution in [3.8, 4) is 0 Å². The van der Waals surface area contributed by atoms with Crippen LogP contribution < -0.4 is 16.4 Å². The molecule has 0 aliphatic heterocycles. The average molecular weight is 679 g/mol. The van der Waals surface area contributed by atoms with Crippen LogP contribution in [0.5, 0.6) is 0 Å². The van der Waals surface area contributed by atoms with Crippen molar-refractivity contribution in [3.63, 3.8) is 0 Å². The minimum absolute atomic E-state index is 0.149. The molecule has 0 saturated heterocycles. The first kappa shape index (κ1) is 35.8. The summed E-state index contributed by atoms with van der Waals surface area (Å²) in [7, 11) is 0. The minimum atomic E-state index is 0.149. The Labute approximate surface area is 314 Å². The number of hydrogen-bond acceptors (Lipinski definition) is 0. The van der Waals surface area contributed by atoms with E-state index < -0.39 is 0 Å².